The SMILES string of the molecule is CC(C)CN(C[C@H](O)CCc1ccccc1)S(=O)(=O)c1ccc(CO)cc1. The Kier molecular flexibility index (Phi) is 7.98. The van der Waals surface area contributed by atoms with Gasteiger partial charge in [-0.15, -0.1) is 0 Å². The molecule has 0 spiro atoms. The van der Waals surface area contributed by atoms with Crippen molar-refractivity contribution < 1.29 is 18.6 Å². The second kappa shape index (κ2) is 9.99. The van der Waals surface area contributed by atoms with Gasteiger partial charge in [-0.1, -0.05) is 56.3 Å². The lowest BCUT2D eigenvalue weighted by Gasteiger charge is -2.26. The van der Waals surface area contributed by atoms with Gasteiger partial charge in [0.1, 0.15) is 0 Å². The molecule has 0 saturated carbocycles. The number of rotatable bonds is 10. The molecule has 0 bridgehead atoms. The standard InChI is InChI=1S/C21H29NO4S/c1-17(2)14-22(15-20(24)11-8-18-6-4-3-5-7-18)27(25,26)21-12-9-19(16-23)10-13-21/h3-7,9-10,12-13,17,20,23-24H,8,11,14-16H2,1-2H3/t20-/m1/s1. The van der Waals surface area contributed by atoms with Crippen molar-refractivity contribution in [1.82, 2.24) is 4.31 Å². The fourth-order valence-electron chi connectivity index (χ4n) is 2.90. The van der Waals surface area contributed by atoms with Gasteiger partial charge in [0.15, 0.2) is 0 Å². The maximum absolute atomic E-state index is 13.0. The molecule has 2 N–H and O–H groups in total. The van der Waals surface area contributed by atoms with Crippen LogP contribution in [0.1, 0.15) is 31.4 Å². The number of benzene rings is 2. The Hall–Kier alpha value is -1.73. The summed E-state index contributed by atoms with van der Waals surface area (Å²) < 4.78 is 27.4. The molecule has 0 saturated heterocycles. The van der Waals surface area contributed by atoms with E-state index in [4.69, 9.17) is 5.11 Å². The zero-order valence-corrected chi connectivity index (χ0v) is 16.8. The van der Waals surface area contributed by atoms with Crippen LogP contribution in [0.4, 0.5) is 0 Å². The third-order valence-electron chi connectivity index (χ3n) is 4.34. The second-order valence-corrected chi connectivity index (χ2v) is 9.13. The van der Waals surface area contributed by atoms with Crippen LogP contribution in [0.15, 0.2) is 59.5 Å². The molecule has 2 aromatic carbocycles. The topological polar surface area (TPSA) is 77.8 Å². The lowest BCUT2D eigenvalue weighted by Crippen LogP contribution is -2.40. The Morgan fingerprint density at radius 1 is 0.926 bits per heavy atom. The third-order valence-corrected chi connectivity index (χ3v) is 6.18. The fourth-order valence-corrected chi connectivity index (χ4v) is 4.54. The zero-order valence-electron chi connectivity index (χ0n) is 16.0. The number of nitrogens with zero attached hydrogens (tertiary/aromatic N) is 1. The summed E-state index contributed by atoms with van der Waals surface area (Å²) in [5.41, 5.74) is 1.78. The summed E-state index contributed by atoms with van der Waals surface area (Å²) in [7, 11) is -3.71. The van der Waals surface area contributed by atoms with Gasteiger partial charge in [0.25, 0.3) is 0 Å². The minimum absolute atomic E-state index is 0.0646. The average molecular weight is 392 g/mol. The summed E-state index contributed by atoms with van der Waals surface area (Å²) in [6, 6.07) is 16.1. The monoisotopic (exact) mass is 391 g/mol. The van der Waals surface area contributed by atoms with E-state index in [-0.39, 0.29) is 24.0 Å². The van der Waals surface area contributed by atoms with Crippen LogP contribution in [0.25, 0.3) is 0 Å². The Morgan fingerprint density at radius 2 is 1.56 bits per heavy atom. The highest BCUT2D eigenvalue weighted by Gasteiger charge is 2.27. The molecule has 0 amide bonds. The first kappa shape index (κ1) is 21.6. The summed E-state index contributed by atoms with van der Waals surface area (Å²) in [6.07, 6.45) is 0.454. The molecule has 148 valence electrons. The van der Waals surface area contributed by atoms with Gasteiger partial charge in [-0.25, -0.2) is 8.42 Å². The van der Waals surface area contributed by atoms with Crippen molar-refractivity contribution in [3.8, 4) is 0 Å². The number of aryl methyl sites for hydroxylation is 1. The quantitative estimate of drug-likeness (QED) is 0.653. The predicted molar refractivity (Wildman–Crippen MR) is 107 cm³/mol. The van der Waals surface area contributed by atoms with E-state index in [2.05, 4.69) is 0 Å². The van der Waals surface area contributed by atoms with Gasteiger partial charge in [0.2, 0.25) is 10.0 Å². The molecule has 0 aliphatic rings. The molecule has 0 aliphatic carbocycles. The number of hydrogen-bond donors (Lipinski definition) is 2. The van der Waals surface area contributed by atoms with Crippen molar-refractivity contribution >= 4 is 10.0 Å². The third kappa shape index (κ3) is 6.43. The molecule has 27 heavy (non-hydrogen) atoms. The highest BCUT2D eigenvalue weighted by molar-refractivity contribution is 7.89. The van der Waals surface area contributed by atoms with E-state index >= 15 is 0 Å². The van der Waals surface area contributed by atoms with E-state index in [1.165, 1.54) is 16.4 Å². The molecule has 0 fully saturated rings. The molecular weight excluding hydrogens is 362 g/mol. The molecule has 2 rings (SSSR count). The molecule has 6 heteroatoms. The van der Waals surface area contributed by atoms with Gasteiger partial charge >= 0.3 is 0 Å². The van der Waals surface area contributed by atoms with E-state index in [0.29, 0.717) is 24.9 Å². The second-order valence-electron chi connectivity index (χ2n) is 7.20. The van der Waals surface area contributed by atoms with E-state index in [1.54, 1.807) is 12.1 Å². The van der Waals surface area contributed by atoms with Crippen LogP contribution in [0.3, 0.4) is 0 Å². The molecule has 0 radical (unpaired) electrons. The summed E-state index contributed by atoms with van der Waals surface area (Å²) in [5, 5.41) is 19.6. The molecule has 0 aromatic heterocycles. The highest BCUT2D eigenvalue weighted by atomic mass is 32.2. The van der Waals surface area contributed by atoms with Gasteiger partial charge < -0.3 is 10.2 Å². The maximum atomic E-state index is 13.0. The minimum Gasteiger partial charge on any atom is -0.392 e. The van der Waals surface area contributed by atoms with Crippen molar-refractivity contribution in [2.45, 2.75) is 44.3 Å². The molecule has 5 nitrogen and oxygen atoms in total. The van der Waals surface area contributed by atoms with Crippen LogP contribution in [0, 0.1) is 5.92 Å². The molecule has 1 atom stereocenters. The van der Waals surface area contributed by atoms with Crippen molar-refractivity contribution in [2.75, 3.05) is 13.1 Å². The number of aliphatic hydroxyl groups excluding tert-OH is 2. The lowest BCUT2D eigenvalue weighted by atomic mass is 10.1. The summed E-state index contributed by atoms with van der Waals surface area (Å²) in [5.74, 6) is 0.137. The fraction of sp³-hybridized carbons (Fsp3) is 0.429. The highest BCUT2D eigenvalue weighted by Crippen LogP contribution is 2.19. The largest absolute Gasteiger partial charge is 0.392 e. The van der Waals surface area contributed by atoms with Gasteiger partial charge in [0.05, 0.1) is 17.6 Å². The van der Waals surface area contributed by atoms with Crippen LogP contribution in [0.2, 0.25) is 0 Å². The minimum atomic E-state index is -3.71. The Morgan fingerprint density at radius 3 is 2.11 bits per heavy atom. The first-order valence-corrected chi connectivity index (χ1v) is 10.7. The van der Waals surface area contributed by atoms with Crippen LogP contribution in [-0.2, 0) is 23.1 Å². The first-order valence-electron chi connectivity index (χ1n) is 9.25. The smallest absolute Gasteiger partial charge is 0.243 e. The molecule has 0 aliphatic heterocycles. The van der Waals surface area contributed by atoms with E-state index in [1.807, 2.05) is 44.2 Å². The van der Waals surface area contributed by atoms with Crippen LogP contribution in [-0.4, -0.2) is 42.1 Å². The van der Waals surface area contributed by atoms with E-state index in [0.717, 1.165) is 5.56 Å². The number of aliphatic hydroxyl groups is 2. The van der Waals surface area contributed by atoms with Crippen molar-refractivity contribution in [1.29, 1.82) is 0 Å². The number of sulfonamides is 1. The van der Waals surface area contributed by atoms with Crippen LogP contribution < -0.4 is 0 Å². The van der Waals surface area contributed by atoms with E-state index < -0.39 is 16.1 Å². The predicted octanol–water partition coefficient (Wildman–Crippen LogP) is 2.82. The normalized spacial score (nSPS) is 13.3. The zero-order chi connectivity index (χ0) is 19.9. The molecule has 2 aromatic rings. The summed E-state index contributed by atoms with van der Waals surface area (Å²) in [6.45, 7) is 4.18. The van der Waals surface area contributed by atoms with Crippen LogP contribution >= 0.6 is 0 Å². The Balaban J connectivity index is 2.10. The number of hydrogen-bond acceptors (Lipinski definition) is 4. The van der Waals surface area contributed by atoms with E-state index in [9.17, 15) is 13.5 Å². The van der Waals surface area contributed by atoms with Gasteiger partial charge in [-0.3, -0.25) is 0 Å². The van der Waals surface area contributed by atoms with Crippen molar-refractivity contribution in [2.24, 2.45) is 5.92 Å². The van der Waals surface area contributed by atoms with Crippen molar-refractivity contribution in [3.05, 3.63) is 65.7 Å². The average Bonchev–Trinajstić information content (AvgIpc) is 2.66. The molecule has 0 unspecified atom stereocenters. The lowest BCUT2D eigenvalue weighted by molar-refractivity contribution is 0.133. The van der Waals surface area contributed by atoms with Gasteiger partial charge in [-0.05, 0) is 42.0 Å². The van der Waals surface area contributed by atoms with Gasteiger partial charge in [0, 0.05) is 13.1 Å². The molecule has 0 heterocycles. The Labute approximate surface area is 162 Å². The van der Waals surface area contributed by atoms with Crippen LogP contribution in [0.5, 0.6) is 0 Å². The first-order chi connectivity index (χ1) is 12.8. The summed E-state index contributed by atoms with van der Waals surface area (Å²) in [4.78, 5) is 0.176. The Bertz CT molecular complexity index is 789. The summed E-state index contributed by atoms with van der Waals surface area (Å²) >= 11 is 0. The molecular formula is C21H29NO4S. The van der Waals surface area contributed by atoms with Crippen molar-refractivity contribution in [3.63, 3.8) is 0 Å². The van der Waals surface area contributed by atoms with Gasteiger partial charge in [-0.2, -0.15) is 4.31 Å². The maximum Gasteiger partial charge on any atom is 0.243 e.